The van der Waals surface area contributed by atoms with Crippen LogP contribution >= 0.6 is 11.8 Å². The molecule has 1 saturated heterocycles. The van der Waals surface area contributed by atoms with Gasteiger partial charge in [-0.2, -0.15) is 0 Å². The van der Waals surface area contributed by atoms with Crippen molar-refractivity contribution in [3.05, 3.63) is 71.3 Å². The molecule has 0 radical (unpaired) electrons. The normalized spacial score (nSPS) is 18.1. The first-order valence-electron chi connectivity index (χ1n) is 8.96. The van der Waals surface area contributed by atoms with Crippen LogP contribution < -0.4 is 0 Å². The van der Waals surface area contributed by atoms with Crippen molar-refractivity contribution in [1.82, 2.24) is 20.2 Å². The molecule has 2 aromatic carbocycles. The summed E-state index contributed by atoms with van der Waals surface area (Å²) >= 11 is 1.70. The lowest BCUT2D eigenvalue weighted by molar-refractivity contribution is 0.0911. The molecule has 5 nitrogen and oxygen atoms in total. The summed E-state index contributed by atoms with van der Waals surface area (Å²) in [5.74, 6) is 0. The third-order valence-corrected chi connectivity index (χ3v) is 5.96. The lowest BCUT2D eigenvalue weighted by Crippen LogP contribution is -2.17. The number of ether oxygens (including phenoxy) is 1. The van der Waals surface area contributed by atoms with Crippen LogP contribution in [0.1, 0.15) is 34.8 Å². The average Bonchev–Trinajstić information content (AvgIpc) is 3.34. The first-order valence-corrected chi connectivity index (χ1v) is 9.84. The number of benzene rings is 2. The van der Waals surface area contributed by atoms with E-state index in [0.29, 0.717) is 6.54 Å². The largest absolute Gasteiger partial charge is 0.376 e. The summed E-state index contributed by atoms with van der Waals surface area (Å²) in [6.07, 6.45) is 2.40. The number of rotatable bonds is 6. The number of aromatic nitrogens is 4. The topological polar surface area (TPSA) is 52.8 Å². The van der Waals surface area contributed by atoms with Crippen LogP contribution in [0.2, 0.25) is 0 Å². The monoisotopic (exact) mass is 366 g/mol. The second-order valence-electron chi connectivity index (χ2n) is 6.54. The second-order valence-corrected chi connectivity index (χ2v) is 7.62. The highest BCUT2D eigenvalue weighted by molar-refractivity contribution is 7.99. The van der Waals surface area contributed by atoms with Gasteiger partial charge in [-0.05, 0) is 46.9 Å². The summed E-state index contributed by atoms with van der Waals surface area (Å²) in [6.45, 7) is 3.71. The van der Waals surface area contributed by atoms with E-state index in [0.717, 1.165) is 24.6 Å². The van der Waals surface area contributed by atoms with E-state index in [2.05, 4.69) is 71.0 Å². The highest BCUT2D eigenvalue weighted by atomic mass is 32.2. The molecule has 26 heavy (non-hydrogen) atoms. The Morgan fingerprint density at radius 2 is 1.96 bits per heavy atom. The van der Waals surface area contributed by atoms with Gasteiger partial charge in [0.1, 0.15) is 0 Å². The van der Waals surface area contributed by atoms with Crippen molar-refractivity contribution >= 4 is 11.8 Å². The zero-order chi connectivity index (χ0) is 17.8. The van der Waals surface area contributed by atoms with Crippen molar-refractivity contribution < 1.29 is 4.74 Å². The quantitative estimate of drug-likeness (QED) is 0.616. The van der Waals surface area contributed by atoms with Gasteiger partial charge in [0.2, 0.25) is 5.16 Å². The predicted octanol–water partition coefficient (Wildman–Crippen LogP) is 4.04. The maximum atomic E-state index is 5.75. The SMILES string of the molecule is Cc1ccccc1[C@@H](Sc1nnnn1C[C@@H]1CCCO1)c1ccccc1. The van der Waals surface area contributed by atoms with Crippen LogP contribution in [0.4, 0.5) is 0 Å². The van der Waals surface area contributed by atoms with Crippen molar-refractivity contribution in [2.24, 2.45) is 0 Å². The van der Waals surface area contributed by atoms with Crippen molar-refractivity contribution in [2.75, 3.05) is 6.61 Å². The minimum Gasteiger partial charge on any atom is -0.376 e. The molecular formula is C20H22N4OS. The molecule has 6 heteroatoms. The van der Waals surface area contributed by atoms with Gasteiger partial charge in [-0.1, -0.05) is 66.4 Å². The van der Waals surface area contributed by atoms with Gasteiger partial charge in [0.25, 0.3) is 0 Å². The molecule has 3 aromatic rings. The Bertz CT molecular complexity index is 846. The van der Waals surface area contributed by atoms with Gasteiger partial charge in [0.15, 0.2) is 0 Å². The molecule has 0 spiro atoms. The van der Waals surface area contributed by atoms with Crippen LogP contribution in [-0.2, 0) is 11.3 Å². The number of tetrazole rings is 1. The molecule has 4 rings (SSSR count). The van der Waals surface area contributed by atoms with Crippen LogP contribution in [-0.4, -0.2) is 32.9 Å². The van der Waals surface area contributed by atoms with Crippen LogP contribution in [0.15, 0.2) is 59.8 Å². The summed E-state index contributed by atoms with van der Waals surface area (Å²) < 4.78 is 7.63. The third-order valence-electron chi connectivity index (χ3n) is 4.70. The molecule has 0 unspecified atom stereocenters. The molecule has 2 atom stereocenters. The Balaban J connectivity index is 1.64. The van der Waals surface area contributed by atoms with Crippen LogP contribution in [0.3, 0.4) is 0 Å². The highest BCUT2D eigenvalue weighted by Crippen LogP contribution is 2.40. The lowest BCUT2D eigenvalue weighted by Gasteiger charge is -2.19. The second kappa shape index (κ2) is 8.01. The van der Waals surface area contributed by atoms with Gasteiger partial charge < -0.3 is 4.74 Å². The van der Waals surface area contributed by atoms with Crippen molar-refractivity contribution in [3.8, 4) is 0 Å². The van der Waals surface area contributed by atoms with Gasteiger partial charge in [-0.15, -0.1) is 5.10 Å². The minimum atomic E-state index is 0.145. The van der Waals surface area contributed by atoms with E-state index in [1.807, 2.05) is 10.7 Å². The van der Waals surface area contributed by atoms with Gasteiger partial charge in [-0.3, -0.25) is 0 Å². The Hall–Kier alpha value is -2.18. The first kappa shape index (κ1) is 17.2. The van der Waals surface area contributed by atoms with Crippen molar-refractivity contribution in [2.45, 2.75) is 42.8 Å². The molecule has 134 valence electrons. The molecule has 0 saturated carbocycles. The van der Waals surface area contributed by atoms with E-state index < -0.39 is 0 Å². The zero-order valence-electron chi connectivity index (χ0n) is 14.8. The molecule has 1 fully saturated rings. The molecule has 1 aromatic heterocycles. The smallest absolute Gasteiger partial charge is 0.210 e. The Morgan fingerprint density at radius 1 is 1.15 bits per heavy atom. The van der Waals surface area contributed by atoms with E-state index in [1.54, 1.807) is 11.8 Å². The molecule has 0 N–H and O–H groups in total. The van der Waals surface area contributed by atoms with E-state index in [4.69, 9.17) is 4.74 Å². The lowest BCUT2D eigenvalue weighted by atomic mass is 10.0. The summed E-state index contributed by atoms with van der Waals surface area (Å²) in [7, 11) is 0. The standard InChI is InChI=1S/C20H22N4OS/c1-15-8-5-6-12-18(15)19(16-9-3-2-4-10-16)26-20-21-22-23-24(20)14-17-11-7-13-25-17/h2-6,8-10,12,17,19H,7,11,13-14H2,1H3/t17-,19-/m0/s1. The Labute approximate surface area is 157 Å². The van der Waals surface area contributed by atoms with Gasteiger partial charge in [0.05, 0.1) is 17.9 Å². The van der Waals surface area contributed by atoms with E-state index >= 15 is 0 Å². The number of nitrogens with zero attached hydrogens (tertiary/aromatic N) is 4. The molecule has 1 aliphatic heterocycles. The molecule has 0 bridgehead atoms. The van der Waals surface area contributed by atoms with Crippen molar-refractivity contribution in [3.63, 3.8) is 0 Å². The molecular weight excluding hydrogens is 344 g/mol. The van der Waals surface area contributed by atoms with Crippen molar-refractivity contribution in [1.29, 1.82) is 0 Å². The summed E-state index contributed by atoms with van der Waals surface area (Å²) in [5, 5.41) is 13.4. The average molecular weight is 366 g/mol. The Morgan fingerprint density at radius 3 is 2.73 bits per heavy atom. The zero-order valence-corrected chi connectivity index (χ0v) is 15.6. The maximum absolute atomic E-state index is 5.75. The van der Waals surface area contributed by atoms with E-state index in [9.17, 15) is 0 Å². The van der Waals surface area contributed by atoms with Crippen LogP contribution in [0.25, 0.3) is 0 Å². The predicted molar refractivity (Wildman–Crippen MR) is 102 cm³/mol. The van der Waals surface area contributed by atoms with E-state index in [1.165, 1.54) is 16.7 Å². The van der Waals surface area contributed by atoms with Crippen LogP contribution in [0, 0.1) is 6.92 Å². The summed E-state index contributed by atoms with van der Waals surface area (Å²) in [6, 6.07) is 19.0. The van der Waals surface area contributed by atoms with Gasteiger partial charge >= 0.3 is 0 Å². The molecule has 0 aliphatic carbocycles. The van der Waals surface area contributed by atoms with Gasteiger partial charge in [-0.25, -0.2) is 4.68 Å². The number of thioether (sulfide) groups is 1. The number of hydrogen-bond donors (Lipinski definition) is 0. The third kappa shape index (κ3) is 3.81. The number of hydrogen-bond acceptors (Lipinski definition) is 5. The number of aryl methyl sites for hydroxylation is 1. The fourth-order valence-electron chi connectivity index (χ4n) is 3.30. The summed E-state index contributed by atoms with van der Waals surface area (Å²) in [4.78, 5) is 0. The van der Waals surface area contributed by atoms with Gasteiger partial charge in [0, 0.05) is 6.61 Å². The first-order chi connectivity index (χ1) is 12.8. The van der Waals surface area contributed by atoms with E-state index in [-0.39, 0.29) is 11.4 Å². The molecule has 2 heterocycles. The molecule has 0 amide bonds. The fourth-order valence-corrected chi connectivity index (χ4v) is 4.51. The fraction of sp³-hybridized carbons (Fsp3) is 0.350. The maximum Gasteiger partial charge on any atom is 0.210 e. The highest BCUT2D eigenvalue weighted by Gasteiger charge is 2.23. The summed E-state index contributed by atoms with van der Waals surface area (Å²) in [5.41, 5.74) is 3.81. The Kier molecular flexibility index (Phi) is 5.32. The molecule has 1 aliphatic rings. The van der Waals surface area contributed by atoms with Crippen LogP contribution in [0.5, 0.6) is 0 Å². The minimum absolute atomic E-state index is 0.145.